The van der Waals surface area contributed by atoms with E-state index in [0.717, 1.165) is 30.6 Å². The molecule has 2 rings (SSSR count). The Morgan fingerprint density at radius 3 is 2.48 bits per heavy atom. The van der Waals surface area contributed by atoms with Crippen LogP contribution in [0.2, 0.25) is 0 Å². The molecule has 0 aliphatic carbocycles. The molecule has 33 heavy (non-hydrogen) atoms. The lowest BCUT2D eigenvalue weighted by Gasteiger charge is -2.30. The number of benzene rings is 1. The molecule has 3 atom stereocenters. The summed E-state index contributed by atoms with van der Waals surface area (Å²) in [6.07, 6.45) is 2.39. The van der Waals surface area contributed by atoms with Gasteiger partial charge in [0, 0.05) is 44.7 Å². The summed E-state index contributed by atoms with van der Waals surface area (Å²) in [4.78, 5) is 14.3. The number of ether oxygens (including phenoxy) is 3. The van der Waals surface area contributed by atoms with Crippen molar-refractivity contribution in [2.75, 3.05) is 40.5 Å². The molecule has 3 N–H and O–H groups in total. The fourth-order valence-corrected chi connectivity index (χ4v) is 4.33. The van der Waals surface area contributed by atoms with Crippen LogP contribution in [0.3, 0.4) is 0 Å². The van der Waals surface area contributed by atoms with Gasteiger partial charge in [-0.05, 0) is 48.8 Å². The zero-order chi connectivity index (χ0) is 24.6. The topological polar surface area (TPSA) is 94.3 Å². The summed E-state index contributed by atoms with van der Waals surface area (Å²) < 4.78 is 16.5. The van der Waals surface area contributed by atoms with Crippen LogP contribution in [0.4, 0.5) is 0 Å². The van der Waals surface area contributed by atoms with Crippen LogP contribution in [-0.4, -0.2) is 68.6 Å². The molecule has 0 radical (unpaired) electrons. The Bertz CT molecular complexity index is 752. The minimum atomic E-state index is -0.736. The Kier molecular flexibility index (Phi) is 10.5. The predicted molar refractivity (Wildman–Crippen MR) is 131 cm³/mol. The van der Waals surface area contributed by atoms with Crippen molar-refractivity contribution in [2.45, 2.75) is 65.5 Å². The van der Waals surface area contributed by atoms with Gasteiger partial charge in [0.05, 0.1) is 19.8 Å². The molecular weight excluding hydrogens is 420 g/mol. The van der Waals surface area contributed by atoms with Crippen LogP contribution in [0.25, 0.3) is 0 Å². The average molecular weight is 465 g/mol. The molecule has 1 amide bonds. The van der Waals surface area contributed by atoms with Gasteiger partial charge < -0.3 is 30.0 Å². The van der Waals surface area contributed by atoms with Crippen molar-refractivity contribution in [1.29, 1.82) is 0 Å². The summed E-state index contributed by atoms with van der Waals surface area (Å²) in [5.41, 5.74) is 7.23. The highest BCUT2D eigenvalue weighted by molar-refractivity contribution is 5.84. The molecular formula is C26H44N2O5. The molecule has 7 heteroatoms. The first-order valence-corrected chi connectivity index (χ1v) is 12.1. The number of carbonyl (C=O) groups is 1. The van der Waals surface area contributed by atoms with Gasteiger partial charge in [-0.3, -0.25) is 4.79 Å². The Balaban J connectivity index is 1.99. The number of likely N-dealkylation sites (tertiary alicyclic amines) is 1. The summed E-state index contributed by atoms with van der Waals surface area (Å²) in [6.45, 7) is 10.5. The maximum atomic E-state index is 12.5. The third-order valence-electron chi connectivity index (χ3n) is 6.77. The van der Waals surface area contributed by atoms with E-state index < -0.39 is 12.1 Å². The van der Waals surface area contributed by atoms with E-state index in [9.17, 15) is 9.90 Å². The van der Waals surface area contributed by atoms with Crippen molar-refractivity contribution >= 4 is 5.91 Å². The Morgan fingerprint density at radius 2 is 1.91 bits per heavy atom. The van der Waals surface area contributed by atoms with E-state index in [-0.39, 0.29) is 17.2 Å². The van der Waals surface area contributed by atoms with Crippen molar-refractivity contribution in [2.24, 2.45) is 23.0 Å². The third kappa shape index (κ3) is 7.87. The zero-order valence-electron chi connectivity index (χ0n) is 21.3. The van der Waals surface area contributed by atoms with Crippen molar-refractivity contribution < 1.29 is 24.1 Å². The number of hydrogen-bond acceptors (Lipinski definition) is 6. The molecule has 1 heterocycles. The minimum absolute atomic E-state index is 0.102. The standard InChI is InChI=1S/C26H44N2O5/c1-18(2)20(16-21(27)22(29)17-28-11-10-26(3,4)25(28)30)14-19-8-9-23(32-6)24(15-19)33-13-7-12-31-5/h8-9,15,18,20-22,29H,7,10-14,16-17,27H2,1-6H3. The maximum absolute atomic E-state index is 12.5. The quantitative estimate of drug-likeness (QED) is 0.411. The maximum Gasteiger partial charge on any atom is 0.228 e. The second-order valence-electron chi connectivity index (χ2n) is 10.2. The van der Waals surface area contributed by atoms with Crippen LogP contribution in [0.1, 0.15) is 52.5 Å². The zero-order valence-corrected chi connectivity index (χ0v) is 21.3. The normalized spacial score (nSPS) is 18.5. The van der Waals surface area contributed by atoms with Crippen LogP contribution in [-0.2, 0) is 16.0 Å². The molecule has 0 bridgehead atoms. The van der Waals surface area contributed by atoms with Crippen LogP contribution < -0.4 is 15.2 Å². The Labute approximate surface area is 199 Å². The minimum Gasteiger partial charge on any atom is -0.493 e. The summed E-state index contributed by atoms with van der Waals surface area (Å²) in [6, 6.07) is 5.64. The van der Waals surface area contributed by atoms with E-state index in [1.165, 1.54) is 0 Å². The SMILES string of the molecule is COCCCOc1cc(CC(CC(N)C(O)CN2CCC(C)(C)C2=O)C(C)C)ccc1OC. The van der Waals surface area contributed by atoms with Crippen LogP contribution in [0, 0.1) is 17.3 Å². The van der Waals surface area contributed by atoms with Gasteiger partial charge in [-0.2, -0.15) is 0 Å². The third-order valence-corrected chi connectivity index (χ3v) is 6.77. The van der Waals surface area contributed by atoms with Gasteiger partial charge in [-0.25, -0.2) is 0 Å². The molecule has 1 saturated heterocycles. The molecule has 1 aromatic carbocycles. The van der Waals surface area contributed by atoms with Gasteiger partial charge in [0.25, 0.3) is 0 Å². The molecule has 0 aromatic heterocycles. The summed E-state index contributed by atoms with van der Waals surface area (Å²) in [5, 5.41) is 10.8. The van der Waals surface area contributed by atoms with E-state index in [1.807, 2.05) is 26.0 Å². The van der Waals surface area contributed by atoms with Crippen LogP contribution in [0.5, 0.6) is 11.5 Å². The molecule has 0 spiro atoms. The summed E-state index contributed by atoms with van der Waals surface area (Å²) >= 11 is 0. The Hall–Kier alpha value is -1.83. The van der Waals surface area contributed by atoms with Gasteiger partial charge in [0.1, 0.15) is 0 Å². The highest BCUT2D eigenvalue weighted by Gasteiger charge is 2.39. The Morgan fingerprint density at radius 1 is 1.18 bits per heavy atom. The van der Waals surface area contributed by atoms with Crippen LogP contribution >= 0.6 is 0 Å². The highest BCUT2D eigenvalue weighted by atomic mass is 16.5. The van der Waals surface area contributed by atoms with Crippen molar-refractivity contribution in [1.82, 2.24) is 4.90 Å². The predicted octanol–water partition coefficient (Wildman–Crippen LogP) is 3.26. The first kappa shape index (κ1) is 27.4. The lowest BCUT2D eigenvalue weighted by atomic mass is 9.83. The fourth-order valence-electron chi connectivity index (χ4n) is 4.33. The number of nitrogens with zero attached hydrogens (tertiary/aromatic N) is 1. The number of aliphatic hydroxyl groups excluding tert-OH is 1. The van der Waals surface area contributed by atoms with Crippen molar-refractivity contribution in [3.63, 3.8) is 0 Å². The smallest absolute Gasteiger partial charge is 0.228 e. The van der Waals surface area contributed by atoms with Crippen molar-refractivity contribution in [3.05, 3.63) is 23.8 Å². The average Bonchev–Trinajstić information content (AvgIpc) is 3.03. The number of amides is 1. The fraction of sp³-hybridized carbons (Fsp3) is 0.731. The second-order valence-corrected chi connectivity index (χ2v) is 10.2. The van der Waals surface area contributed by atoms with Gasteiger partial charge in [0.15, 0.2) is 11.5 Å². The number of carbonyl (C=O) groups excluding carboxylic acids is 1. The van der Waals surface area contributed by atoms with E-state index in [4.69, 9.17) is 19.9 Å². The number of aliphatic hydroxyl groups is 1. The van der Waals surface area contributed by atoms with Crippen LogP contribution in [0.15, 0.2) is 18.2 Å². The number of methoxy groups -OCH3 is 2. The number of β-amino-alcohol motifs (C(OH)–C–C–N with tert-alkyl or cyclic N) is 1. The molecule has 3 unspecified atom stereocenters. The molecule has 7 nitrogen and oxygen atoms in total. The molecule has 188 valence electrons. The van der Waals surface area contributed by atoms with Gasteiger partial charge in [-0.15, -0.1) is 0 Å². The molecule has 1 aliphatic rings. The molecule has 1 fully saturated rings. The molecule has 1 aliphatic heterocycles. The number of rotatable bonds is 14. The van der Waals surface area contributed by atoms with Gasteiger partial charge in [-0.1, -0.05) is 33.8 Å². The van der Waals surface area contributed by atoms with E-state index in [1.54, 1.807) is 19.1 Å². The molecule has 0 saturated carbocycles. The highest BCUT2D eigenvalue weighted by Crippen LogP contribution is 2.32. The first-order valence-electron chi connectivity index (χ1n) is 12.1. The lowest BCUT2D eigenvalue weighted by Crippen LogP contribution is -2.46. The largest absolute Gasteiger partial charge is 0.493 e. The van der Waals surface area contributed by atoms with Crippen molar-refractivity contribution in [3.8, 4) is 11.5 Å². The second kappa shape index (κ2) is 12.6. The lowest BCUT2D eigenvalue weighted by molar-refractivity contribution is -0.135. The molecule has 1 aromatic rings. The van der Waals surface area contributed by atoms with E-state index in [2.05, 4.69) is 19.9 Å². The van der Waals surface area contributed by atoms with Gasteiger partial charge >= 0.3 is 0 Å². The number of hydrogen-bond donors (Lipinski definition) is 2. The van der Waals surface area contributed by atoms with E-state index >= 15 is 0 Å². The van der Waals surface area contributed by atoms with Gasteiger partial charge in [0.2, 0.25) is 5.91 Å². The summed E-state index contributed by atoms with van der Waals surface area (Å²) in [7, 11) is 3.32. The first-order chi connectivity index (χ1) is 15.6. The monoisotopic (exact) mass is 464 g/mol. The summed E-state index contributed by atoms with van der Waals surface area (Å²) in [5.74, 6) is 2.22. The number of nitrogens with two attached hydrogens (primary N) is 1. The van der Waals surface area contributed by atoms with E-state index in [0.29, 0.717) is 44.4 Å².